The molecule has 1 aliphatic rings. The summed E-state index contributed by atoms with van der Waals surface area (Å²) in [5, 5.41) is 36.0. The molecule has 0 aliphatic carbocycles. The average Bonchev–Trinajstić information content (AvgIpc) is 3.61. The lowest BCUT2D eigenvalue weighted by Crippen LogP contribution is -2.59. The molecule has 0 spiro atoms. The minimum absolute atomic E-state index is 0.0160. The van der Waals surface area contributed by atoms with Crippen molar-refractivity contribution in [3.8, 4) is 0 Å². The molecule has 6 atom stereocenters. The van der Waals surface area contributed by atoms with Gasteiger partial charge >= 0.3 is 23.9 Å². The van der Waals surface area contributed by atoms with Gasteiger partial charge in [0.25, 0.3) is 17.7 Å². The van der Waals surface area contributed by atoms with Crippen molar-refractivity contribution in [1.82, 2.24) is 36.8 Å². The molecule has 1 aromatic carbocycles. The van der Waals surface area contributed by atoms with Crippen LogP contribution in [0.3, 0.4) is 0 Å². The second kappa shape index (κ2) is 29.4. The number of amides is 10. The molecule has 1 aliphatic heterocycles. The molecule has 0 bridgehead atoms. The van der Waals surface area contributed by atoms with Crippen LogP contribution in [0.5, 0.6) is 0 Å². The highest BCUT2D eigenvalue weighted by atomic mass is 16.5. The van der Waals surface area contributed by atoms with Crippen molar-refractivity contribution >= 4 is 76.9 Å². The van der Waals surface area contributed by atoms with E-state index in [1.165, 1.54) is 36.4 Å². The number of carbonyl (C=O) groups excluding carboxylic acids is 10. The predicted octanol–water partition coefficient (Wildman–Crippen LogP) is 0.260. The smallest absolute Gasteiger partial charge is 0.312 e. The summed E-state index contributed by atoms with van der Waals surface area (Å²) in [6, 6.07) is -0.666. The van der Waals surface area contributed by atoms with Gasteiger partial charge in [0.15, 0.2) is 0 Å². The molecule has 380 valence electrons. The lowest BCUT2D eigenvalue weighted by Gasteiger charge is -2.28. The van der Waals surface area contributed by atoms with E-state index in [9.17, 15) is 62.6 Å². The van der Waals surface area contributed by atoms with Crippen molar-refractivity contribution in [3.63, 3.8) is 0 Å². The van der Waals surface area contributed by atoms with Gasteiger partial charge in [-0.05, 0) is 69.4 Å². The van der Waals surface area contributed by atoms with Crippen LogP contribution >= 0.6 is 0 Å². The molecule has 0 saturated heterocycles. The number of carboxylic acid groups (broad SMARTS) is 2. The normalized spacial score (nSPS) is 14.6. The minimum atomic E-state index is -1.56. The van der Waals surface area contributed by atoms with Crippen LogP contribution in [0, 0.1) is 11.8 Å². The van der Waals surface area contributed by atoms with Gasteiger partial charge in [-0.3, -0.25) is 57.6 Å². The Bertz CT molecular complexity index is 2040. The minimum Gasteiger partial charge on any atom is -0.481 e. The molecule has 3 unspecified atom stereocenters. The number of aliphatic carboxylic acids is 2. The van der Waals surface area contributed by atoms with Crippen LogP contribution in [-0.2, 0) is 57.5 Å². The fourth-order valence-electron chi connectivity index (χ4n) is 6.60. The van der Waals surface area contributed by atoms with Crippen molar-refractivity contribution in [2.45, 2.75) is 129 Å². The van der Waals surface area contributed by atoms with E-state index >= 15 is 0 Å². The van der Waals surface area contributed by atoms with Crippen molar-refractivity contribution in [2.75, 3.05) is 25.0 Å². The number of ether oxygens (including phenoxy) is 1. The molecule has 2 rings (SSSR count). The van der Waals surface area contributed by atoms with E-state index in [0.29, 0.717) is 25.7 Å². The summed E-state index contributed by atoms with van der Waals surface area (Å²) in [5.74, 6) is -10.00. The number of rotatable bonds is 31. The number of carbonyl (C=O) groups is 12. The van der Waals surface area contributed by atoms with E-state index in [1.807, 2.05) is 0 Å². The van der Waals surface area contributed by atoms with Gasteiger partial charge < -0.3 is 57.9 Å². The molecule has 24 heteroatoms. The molecule has 0 aromatic heterocycles. The Morgan fingerprint density at radius 3 is 1.72 bits per heavy atom. The molecule has 24 nitrogen and oxygen atoms in total. The number of nitrogens with two attached hydrogens (primary N) is 1. The molecule has 11 N–H and O–H groups in total. The van der Waals surface area contributed by atoms with Crippen molar-refractivity contribution in [1.29, 1.82) is 0 Å². The van der Waals surface area contributed by atoms with Crippen molar-refractivity contribution < 1.29 is 72.5 Å². The Labute approximate surface area is 399 Å². The zero-order valence-electron chi connectivity index (χ0n) is 39.4. The first kappa shape index (κ1) is 57.7. The topological polar surface area (TPSA) is 368 Å². The summed E-state index contributed by atoms with van der Waals surface area (Å²) in [5.41, 5.74) is 5.65. The van der Waals surface area contributed by atoms with Gasteiger partial charge in [-0.2, -0.15) is 0 Å². The van der Waals surface area contributed by atoms with Crippen LogP contribution in [0.4, 0.5) is 10.5 Å². The molecule has 0 saturated carbocycles. The Morgan fingerprint density at radius 2 is 1.19 bits per heavy atom. The maximum Gasteiger partial charge on any atom is 0.312 e. The van der Waals surface area contributed by atoms with E-state index in [0.717, 1.165) is 11.8 Å². The molecule has 10 amide bonds. The van der Waals surface area contributed by atoms with Crippen LogP contribution in [-0.4, -0.2) is 130 Å². The second-order valence-electron chi connectivity index (χ2n) is 16.7. The highest BCUT2D eigenvalue weighted by Gasteiger charge is 2.34. The zero-order chi connectivity index (χ0) is 51.8. The number of unbranched alkanes of at least 4 members (excludes halogenated alkanes) is 2. The third kappa shape index (κ3) is 21.0. The highest BCUT2D eigenvalue weighted by molar-refractivity contribution is 6.12. The third-order valence-electron chi connectivity index (χ3n) is 10.7. The first-order valence-electron chi connectivity index (χ1n) is 22.6. The Morgan fingerprint density at radius 1 is 0.652 bits per heavy atom. The van der Waals surface area contributed by atoms with E-state index in [-0.39, 0.29) is 62.0 Å². The van der Waals surface area contributed by atoms with E-state index in [4.69, 9.17) is 15.6 Å². The van der Waals surface area contributed by atoms with Gasteiger partial charge in [-0.25, -0.2) is 4.79 Å². The van der Waals surface area contributed by atoms with Gasteiger partial charge in [0, 0.05) is 62.8 Å². The fraction of sp³-hybridized carbons (Fsp3) is 0.556. The Hall–Kier alpha value is -7.40. The number of primary amides is 1. The maximum atomic E-state index is 13.9. The standard InChI is InChI=1S/C45H65N9O15/c1-6-26(4)44(67)69-38(43(66)47-22-8-7-9-24-54-33(56)18-19-34(54)57)28-12-14-29(15-13-28)50-39(62)30(11-10-23-48-45(46)68)52-42(65)37(25(2)3)53-41(64)32(17-21-36(60)61)51-40(63)31(49-27(5)55)16-20-35(58)59/h12-15,18-19,25-26,30-32,37-38H,6-11,16-17,20-24H2,1-5H3,(H,47,66)(H,49,55)(H,50,62)(H,51,63)(H,52,65)(H,53,64)(H,58,59)(H,60,61)(H3,46,48,68)/t26?,30-,31-,32-,37?,38?/m0/s1. The molecular weight excluding hydrogens is 907 g/mol. The zero-order valence-corrected chi connectivity index (χ0v) is 39.4. The van der Waals surface area contributed by atoms with E-state index < -0.39 is 121 Å². The average molecular weight is 972 g/mol. The lowest BCUT2D eigenvalue weighted by molar-refractivity contribution is -0.160. The number of esters is 1. The van der Waals surface area contributed by atoms with Gasteiger partial charge in [-0.15, -0.1) is 0 Å². The number of urea groups is 1. The van der Waals surface area contributed by atoms with Crippen molar-refractivity contribution in [2.24, 2.45) is 17.6 Å². The molecule has 1 aromatic rings. The molecular formula is C45H65N9O15. The first-order valence-corrected chi connectivity index (χ1v) is 22.6. The number of benzene rings is 1. The Kier molecular flexibility index (Phi) is 24.6. The van der Waals surface area contributed by atoms with Crippen molar-refractivity contribution in [3.05, 3.63) is 42.0 Å². The highest BCUT2D eigenvalue weighted by Crippen LogP contribution is 2.23. The lowest BCUT2D eigenvalue weighted by atomic mass is 10.0. The summed E-state index contributed by atoms with van der Waals surface area (Å²) < 4.78 is 5.64. The van der Waals surface area contributed by atoms with Crippen LogP contribution in [0.25, 0.3) is 0 Å². The number of nitrogens with one attached hydrogen (secondary N) is 7. The van der Waals surface area contributed by atoms with Gasteiger partial charge in [0.05, 0.1) is 5.92 Å². The predicted molar refractivity (Wildman–Crippen MR) is 245 cm³/mol. The number of carboxylic acids is 2. The van der Waals surface area contributed by atoms with Gasteiger partial charge in [0.2, 0.25) is 35.6 Å². The summed E-state index contributed by atoms with van der Waals surface area (Å²) in [4.78, 5) is 151. The fourth-order valence-corrected chi connectivity index (χ4v) is 6.60. The van der Waals surface area contributed by atoms with Crippen LogP contribution < -0.4 is 43.0 Å². The number of hydrogen-bond acceptors (Lipinski definition) is 13. The number of anilines is 1. The first-order chi connectivity index (χ1) is 32.5. The van der Waals surface area contributed by atoms with Crippen LogP contribution in [0.15, 0.2) is 36.4 Å². The molecule has 0 fully saturated rings. The summed E-state index contributed by atoms with van der Waals surface area (Å²) in [6.45, 7) is 8.11. The largest absolute Gasteiger partial charge is 0.481 e. The summed E-state index contributed by atoms with van der Waals surface area (Å²) in [7, 11) is 0. The Balaban J connectivity index is 2.26. The summed E-state index contributed by atoms with van der Waals surface area (Å²) >= 11 is 0. The van der Waals surface area contributed by atoms with E-state index in [2.05, 4.69) is 37.2 Å². The van der Waals surface area contributed by atoms with Gasteiger partial charge in [0.1, 0.15) is 24.2 Å². The molecule has 1 heterocycles. The quantitative estimate of drug-likeness (QED) is 0.0271. The molecule has 0 radical (unpaired) electrons. The number of hydrogen-bond donors (Lipinski definition) is 10. The molecule has 69 heavy (non-hydrogen) atoms. The summed E-state index contributed by atoms with van der Waals surface area (Å²) in [6.07, 6.45) is 1.20. The SMILES string of the molecule is CCC(C)C(=O)OC(C(=O)NCCCCCN1C(=O)C=CC1=O)c1ccc(NC(=O)[C@H](CCCNC(N)=O)NC(=O)C(NC(=O)[C@H](CCC(=O)O)NC(=O)[C@H](CCC(=O)O)NC(C)=O)C(C)C)cc1. The number of imide groups is 1. The maximum absolute atomic E-state index is 13.9. The van der Waals surface area contributed by atoms with Gasteiger partial charge in [-0.1, -0.05) is 39.8 Å². The van der Waals surface area contributed by atoms with Crippen LogP contribution in [0.2, 0.25) is 0 Å². The monoisotopic (exact) mass is 971 g/mol. The third-order valence-corrected chi connectivity index (χ3v) is 10.7. The van der Waals surface area contributed by atoms with E-state index in [1.54, 1.807) is 27.7 Å². The van der Waals surface area contributed by atoms with Crippen LogP contribution in [0.1, 0.15) is 110 Å². The second-order valence-corrected chi connectivity index (χ2v) is 16.7. The number of nitrogens with zero attached hydrogens (tertiary/aromatic N) is 1.